The molecule has 1 aromatic heterocycles. The van der Waals surface area contributed by atoms with Crippen LogP contribution in [-0.4, -0.2) is 25.2 Å². The molecular formula is C22H18N4O4S2. The lowest BCUT2D eigenvalue weighted by Gasteiger charge is -2.08. The van der Waals surface area contributed by atoms with E-state index in [1.165, 1.54) is 19.1 Å². The number of anilines is 3. The molecular weight excluding hydrogens is 448 g/mol. The third kappa shape index (κ3) is 4.93. The van der Waals surface area contributed by atoms with Crippen molar-refractivity contribution >= 4 is 59.9 Å². The van der Waals surface area contributed by atoms with Crippen molar-refractivity contribution < 1.29 is 18.0 Å². The Morgan fingerprint density at radius 2 is 1.59 bits per heavy atom. The van der Waals surface area contributed by atoms with Gasteiger partial charge in [0.15, 0.2) is 5.13 Å². The van der Waals surface area contributed by atoms with Crippen LogP contribution in [0.15, 0.2) is 77.7 Å². The molecule has 0 aliphatic rings. The molecule has 10 heteroatoms. The minimum Gasteiger partial charge on any atom is -0.326 e. The topological polar surface area (TPSA) is 117 Å². The predicted molar refractivity (Wildman–Crippen MR) is 126 cm³/mol. The average molecular weight is 467 g/mol. The second-order valence-corrected chi connectivity index (χ2v) is 9.55. The largest absolute Gasteiger partial charge is 0.326 e. The summed E-state index contributed by atoms with van der Waals surface area (Å²) in [6.07, 6.45) is 0. The molecule has 0 saturated heterocycles. The zero-order chi connectivity index (χ0) is 22.7. The summed E-state index contributed by atoms with van der Waals surface area (Å²) >= 11 is 1.14. The third-order valence-electron chi connectivity index (χ3n) is 4.37. The van der Waals surface area contributed by atoms with Crippen LogP contribution in [0, 0.1) is 0 Å². The smallest absolute Gasteiger partial charge is 0.263 e. The van der Waals surface area contributed by atoms with Crippen molar-refractivity contribution in [1.29, 1.82) is 0 Å². The lowest BCUT2D eigenvalue weighted by Crippen LogP contribution is -2.12. The number of amides is 2. The number of nitrogens with zero attached hydrogens (tertiary/aromatic N) is 1. The number of hydrogen-bond acceptors (Lipinski definition) is 6. The first kappa shape index (κ1) is 21.5. The van der Waals surface area contributed by atoms with Crippen molar-refractivity contribution in [2.75, 3.05) is 15.4 Å². The fourth-order valence-corrected chi connectivity index (χ4v) is 5.13. The van der Waals surface area contributed by atoms with E-state index in [1.807, 2.05) is 0 Å². The lowest BCUT2D eigenvalue weighted by atomic mass is 10.2. The highest BCUT2D eigenvalue weighted by atomic mass is 32.2. The Hall–Kier alpha value is -3.76. The number of carbonyl (C=O) groups excluding carboxylic acids is 2. The monoisotopic (exact) mass is 466 g/mol. The molecule has 3 N–H and O–H groups in total. The van der Waals surface area contributed by atoms with Crippen LogP contribution in [0.3, 0.4) is 0 Å². The number of hydrogen-bond donors (Lipinski definition) is 3. The Bertz CT molecular complexity index is 1420. The van der Waals surface area contributed by atoms with E-state index in [2.05, 4.69) is 20.3 Å². The molecule has 32 heavy (non-hydrogen) atoms. The molecule has 4 aromatic rings. The van der Waals surface area contributed by atoms with E-state index in [-0.39, 0.29) is 21.8 Å². The van der Waals surface area contributed by atoms with E-state index in [1.54, 1.807) is 60.7 Å². The summed E-state index contributed by atoms with van der Waals surface area (Å²) in [5.41, 5.74) is 2.07. The van der Waals surface area contributed by atoms with E-state index in [4.69, 9.17) is 0 Å². The van der Waals surface area contributed by atoms with Crippen LogP contribution >= 0.6 is 11.3 Å². The van der Waals surface area contributed by atoms with E-state index in [0.29, 0.717) is 27.2 Å². The summed E-state index contributed by atoms with van der Waals surface area (Å²) in [4.78, 5) is 28.3. The van der Waals surface area contributed by atoms with Crippen LogP contribution < -0.4 is 15.4 Å². The summed E-state index contributed by atoms with van der Waals surface area (Å²) in [5, 5.41) is 5.66. The maximum absolute atomic E-state index is 12.7. The zero-order valence-corrected chi connectivity index (χ0v) is 18.5. The zero-order valence-electron chi connectivity index (χ0n) is 16.8. The maximum Gasteiger partial charge on any atom is 0.263 e. The van der Waals surface area contributed by atoms with E-state index in [9.17, 15) is 18.0 Å². The molecule has 8 nitrogen and oxygen atoms in total. The predicted octanol–water partition coefficient (Wildman–Crippen LogP) is 4.31. The molecule has 0 saturated carbocycles. The Morgan fingerprint density at radius 3 is 2.31 bits per heavy atom. The molecule has 162 valence electrons. The first-order chi connectivity index (χ1) is 15.3. The summed E-state index contributed by atoms with van der Waals surface area (Å²) in [6.45, 7) is 1.41. The van der Waals surface area contributed by atoms with Gasteiger partial charge in [0.05, 0.1) is 15.1 Å². The molecule has 0 radical (unpaired) electrons. The summed E-state index contributed by atoms with van der Waals surface area (Å²) in [6, 6.07) is 19.8. The van der Waals surface area contributed by atoms with Crippen molar-refractivity contribution in [2.45, 2.75) is 11.8 Å². The van der Waals surface area contributed by atoms with Gasteiger partial charge in [-0.2, -0.15) is 0 Å². The number of carbonyl (C=O) groups is 2. The van der Waals surface area contributed by atoms with E-state index < -0.39 is 10.0 Å². The van der Waals surface area contributed by atoms with Gasteiger partial charge in [-0.05, 0) is 48.5 Å². The van der Waals surface area contributed by atoms with Gasteiger partial charge in [0, 0.05) is 23.9 Å². The normalized spacial score (nSPS) is 11.2. The van der Waals surface area contributed by atoms with Crippen molar-refractivity contribution in [3.8, 4) is 0 Å². The molecule has 0 unspecified atom stereocenters. The maximum atomic E-state index is 12.7. The number of aromatic nitrogens is 1. The van der Waals surface area contributed by atoms with Crippen molar-refractivity contribution in [2.24, 2.45) is 0 Å². The minimum atomic E-state index is -3.75. The first-order valence-electron chi connectivity index (χ1n) is 9.48. The highest BCUT2D eigenvalue weighted by molar-refractivity contribution is 7.93. The number of fused-ring (bicyclic) bond motifs is 1. The van der Waals surface area contributed by atoms with Gasteiger partial charge in [0.25, 0.3) is 15.9 Å². The molecule has 1 heterocycles. The van der Waals surface area contributed by atoms with Gasteiger partial charge in [-0.25, -0.2) is 13.4 Å². The van der Waals surface area contributed by atoms with Gasteiger partial charge in [0.2, 0.25) is 5.91 Å². The molecule has 0 bridgehead atoms. The van der Waals surface area contributed by atoms with Crippen LogP contribution in [-0.2, 0) is 14.8 Å². The third-order valence-corrected chi connectivity index (χ3v) is 6.78. The Balaban J connectivity index is 1.53. The second-order valence-electron chi connectivity index (χ2n) is 6.84. The van der Waals surface area contributed by atoms with E-state index >= 15 is 0 Å². The van der Waals surface area contributed by atoms with E-state index in [0.717, 1.165) is 11.3 Å². The molecule has 2 amide bonds. The highest BCUT2D eigenvalue weighted by Crippen LogP contribution is 2.29. The van der Waals surface area contributed by atoms with Gasteiger partial charge in [-0.15, -0.1) is 0 Å². The Morgan fingerprint density at radius 1 is 0.875 bits per heavy atom. The number of rotatable bonds is 6. The molecule has 4 rings (SSSR count). The minimum absolute atomic E-state index is 0.140. The SMILES string of the molecule is CC(=O)Nc1cccc(NC(=O)c2ccc3nc(NS(=O)(=O)c4ccccc4)sc3c2)c1. The lowest BCUT2D eigenvalue weighted by molar-refractivity contribution is -0.114. The standard InChI is InChI=1S/C22H18N4O4S2/c1-14(27)23-16-6-5-7-17(13-16)24-21(28)15-10-11-19-20(12-15)31-22(25-19)26-32(29,30)18-8-3-2-4-9-18/h2-13H,1H3,(H,23,27)(H,24,28)(H,25,26). The summed E-state index contributed by atoms with van der Waals surface area (Å²) < 4.78 is 28.2. The van der Waals surface area contributed by atoms with Gasteiger partial charge >= 0.3 is 0 Å². The van der Waals surface area contributed by atoms with Crippen LogP contribution in [0.1, 0.15) is 17.3 Å². The molecule has 0 aliphatic carbocycles. The highest BCUT2D eigenvalue weighted by Gasteiger charge is 2.17. The number of benzene rings is 3. The molecule has 0 aliphatic heterocycles. The number of sulfonamides is 1. The van der Waals surface area contributed by atoms with Gasteiger partial charge in [0.1, 0.15) is 0 Å². The summed E-state index contributed by atoms with van der Waals surface area (Å²) in [5.74, 6) is -0.547. The van der Waals surface area contributed by atoms with Crippen molar-refractivity contribution in [1.82, 2.24) is 4.98 Å². The number of nitrogens with one attached hydrogen (secondary N) is 3. The quantitative estimate of drug-likeness (QED) is 0.391. The van der Waals surface area contributed by atoms with Crippen LogP contribution in [0.5, 0.6) is 0 Å². The van der Waals surface area contributed by atoms with Gasteiger partial charge in [-0.1, -0.05) is 35.6 Å². The van der Waals surface area contributed by atoms with Crippen LogP contribution in [0.2, 0.25) is 0 Å². The molecule has 0 spiro atoms. The fourth-order valence-electron chi connectivity index (χ4n) is 2.96. The van der Waals surface area contributed by atoms with Crippen LogP contribution in [0.4, 0.5) is 16.5 Å². The summed E-state index contributed by atoms with van der Waals surface area (Å²) in [7, 11) is -3.75. The Labute approximate surface area is 188 Å². The van der Waals surface area contributed by atoms with Gasteiger partial charge < -0.3 is 10.6 Å². The first-order valence-corrected chi connectivity index (χ1v) is 11.8. The van der Waals surface area contributed by atoms with Crippen LogP contribution in [0.25, 0.3) is 10.2 Å². The average Bonchev–Trinajstić information content (AvgIpc) is 3.14. The van der Waals surface area contributed by atoms with Crippen molar-refractivity contribution in [3.05, 3.63) is 78.4 Å². The molecule has 3 aromatic carbocycles. The number of thiazole rings is 1. The molecule has 0 atom stereocenters. The Kier molecular flexibility index (Phi) is 5.89. The van der Waals surface area contributed by atoms with Gasteiger partial charge in [-0.3, -0.25) is 14.3 Å². The second kappa shape index (κ2) is 8.77. The fraction of sp³-hybridized carbons (Fsp3) is 0.0455. The van der Waals surface area contributed by atoms with Crippen molar-refractivity contribution in [3.63, 3.8) is 0 Å². The molecule has 0 fully saturated rings.